The van der Waals surface area contributed by atoms with Crippen LogP contribution in [0.4, 0.5) is 34.1 Å². The van der Waals surface area contributed by atoms with Crippen LogP contribution in [0.1, 0.15) is 0 Å². The van der Waals surface area contributed by atoms with Gasteiger partial charge in [-0.05, 0) is 124 Å². The van der Waals surface area contributed by atoms with Crippen molar-refractivity contribution in [3.8, 4) is 33.4 Å². The Balaban J connectivity index is 1.02. The van der Waals surface area contributed by atoms with Crippen LogP contribution in [-0.2, 0) is 0 Å². The molecule has 0 radical (unpaired) electrons. The van der Waals surface area contributed by atoms with E-state index in [4.69, 9.17) is 4.42 Å². The molecule has 0 amide bonds. The van der Waals surface area contributed by atoms with E-state index in [0.29, 0.717) is 0 Å². The van der Waals surface area contributed by atoms with Gasteiger partial charge in [0.05, 0.1) is 5.69 Å². The molecule has 3 heteroatoms. The van der Waals surface area contributed by atoms with E-state index in [0.717, 1.165) is 78.3 Å². The SMILES string of the molecule is c1ccc(-c2ccc(N(c3ccc4ccccc4c3)c3ccc(-c4ccc(N(c5ccccc5)c5ccc6oc7ccccc7c6c5)cc4)cc3-c3ccccc3)cc2)cc1. The number of furan rings is 1. The van der Waals surface area contributed by atoms with E-state index >= 15 is 0 Å². The summed E-state index contributed by atoms with van der Waals surface area (Å²) in [7, 11) is 0. The molecule has 11 aromatic rings. The largest absolute Gasteiger partial charge is 0.456 e. The van der Waals surface area contributed by atoms with Gasteiger partial charge in [-0.15, -0.1) is 0 Å². The lowest BCUT2D eigenvalue weighted by Crippen LogP contribution is -2.11. The number of rotatable bonds is 9. The van der Waals surface area contributed by atoms with Gasteiger partial charge >= 0.3 is 0 Å². The Morgan fingerprint density at radius 1 is 0.262 bits per heavy atom. The summed E-state index contributed by atoms with van der Waals surface area (Å²) in [5.41, 5.74) is 15.3. The Morgan fingerprint density at radius 3 is 1.49 bits per heavy atom. The predicted molar refractivity (Wildman–Crippen MR) is 257 cm³/mol. The van der Waals surface area contributed by atoms with E-state index in [2.05, 4.69) is 240 Å². The molecule has 0 aliphatic rings. The number of anilines is 6. The molecule has 11 rings (SSSR count). The number of para-hydroxylation sites is 2. The van der Waals surface area contributed by atoms with E-state index in [1.165, 1.54) is 21.9 Å². The summed E-state index contributed by atoms with van der Waals surface area (Å²) < 4.78 is 6.19. The Bertz CT molecular complexity index is 3280. The molecule has 0 spiro atoms. The lowest BCUT2D eigenvalue weighted by atomic mass is 9.95. The summed E-state index contributed by atoms with van der Waals surface area (Å²) in [5.74, 6) is 0. The molecule has 0 fully saturated rings. The first-order valence-corrected chi connectivity index (χ1v) is 20.7. The molecule has 0 saturated carbocycles. The van der Waals surface area contributed by atoms with Gasteiger partial charge in [0, 0.05) is 44.8 Å². The van der Waals surface area contributed by atoms with Crippen LogP contribution in [0, 0.1) is 0 Å². The van der Waals surface area contributed by atoms with Crippen molar-refractivity contribution in [1.29, 1.82) is 0 Å². The van der Waals surface area contributed by atoms with Crippen LogP contribution in [0.15, 0.2) is 247 Å². The second-order valence-electron chi connectivity index (χ2n) is 15.4. The van der Waals surface area contributed by atoms with Gasteiger partial charge in [0.2, 0.25) is 0 Å². The smallest absolute Gasteiger partial charge is 0.135 e. The normalized spacial score (nSPS) is 11.3. The summed E-state index contributed by atoms with van der Waals surface area (Å²) >= 11 is 0. The first-order valence-electron chi connectivity index (χ1n) is 20.7. The van der Waals surface area contributed by atoms with Crippen molar-refractivity contribution in [2.24, 2.45) is 0 Å². The Labute approximate surface area is 355 Å². The second-order valence-corrected chi connectivity index (χ2v) is 15.4. The topological polar surface area (TPSA) is 19.6 Å². The summed E-state index contributed by atoms with van der Waals surface area (Å²) in [5, 5.41) is 4.63. The zero-order valence-corrected chi connectivity index (χ0v) is 33.4. The maximum absolute atomic E-state index is 6.19. The van der Waals surface area contributed by atoms with Crippen molar-refractivity contribution < 1.29 is 4.42 Å². The molecule has 0 aliphatic heterocycles. The molecule has 1 aromatic heterocycles. The van der Waals surface area contributed by atoms with Gasteiger partial charge in [-0.2, -0.15) is 0 Å². The first-order chi connectivity index (χ1) is 30.2. The third kappa shape index (κ3) is 6.88. The highest BCUT2D eigenvalue weighted by Gasteiger charge is 2.20. The van der Waals surface area contributed by atoms with Gasteiger partial charge in [-0.25, -0.2) is 0 Å². The van der Waals surface area contributed by atoms with Crippen molar-refractivity contribution in [2.45, 2.75) is 0 Å². The number of fused-ring (bicyclic) bond motifs is 4. The summed E-state index contributed by atoms with van der Waals surface area (Å²) in [6, 6.07) is 86.7. The third-order valence-corrected chi connectivity index (χ3v) is 11.6. The zero-order valence-electron chi connectivity index (χ0n) is 33.4. The Hall–Kier alpha value is -8.14. The van der Waals surface area contributed by atoms with Crippen LogP contribution < -0.4 is 9.80 Å². The predicted octanol–water partition coefficient (Wildman–Crippen LogP) is 16.7. The van der Waals surface area contributed by atoms with Crippen LogP contribution in [0.5, 0.6) is 0 Å². The third-order valence-electron chi connectivity index (χ3n) is 11.6. The number of hydrogen-bond acceptors (Lipinski definition) is 3. The van der Waals surface area contributed by atoms with Gasteiger partial charge in [0.25, 0.3) is 0 Å². The average Bonchev–Trinajstić information content (AvgIpc) is 3.71. The minimum atomic E-state index is 0.884. The van der Waals surface area contributed by atoms with E-state index in [9.17, 15) is 0 Å². The molecule has 61 heavy (non-hydrogen) atoms. The van der Waals surface area contributed by atoms with E-state index < -0.39 is 0 Å². The molecule has 288 valence electrons. The molecule has 10 aromatic carbocycles. The fourth-order valence-corrected chi connectivity index (χ4v) is 8.62. The summed E-state index contributed by atoms with van der Waals surface area (Å²) in [4.78, 5) is 4.71. The lowest BCUT2D eigenvalue weighted by Gasteiger charge is -2.29. The molecule has 0 N–H and O–H groups in total. The van der Waals surface area contributed by atoms with Crippen molar-refractivity contribution >= 4 is 66.8 Å². The number of benzene rings is 10. The molecular formula is C58H40N2O. The van der Waals surface area contributed by atoms with E-state index in [1.54, 1.807) is 0 Å². The van der Waals surface area contributed by atoms with Gasteiger partial charge in [0.1, 0.15) is 11.2 Å². The number of nitrogens with zero attached hydrogens (tertiary/aromatic N) is 2. The molecule has 0 bridgehead atoms. The van der Waals surface area contributed by atoms with E-state index in [-0.39, 0.29) is 0 Å². The van der Waals surface area contributed by atoms with Gasteiger partial charge < -0.3 is 14.2 Å². The fourth-order valence-electron chi connectivity index (χ4n) is 8.62. The standard InChI is InChI=1S/C58H40N2O/c1-4-14-41(15-5-1)43-24-32-50(33-25-43)60(51-34-28-42-16-10-11-19-46(42)38-51)56-36-29-47(39-54(56)45-17-6-2-7-18-45)44-26-30-49(31-27-44)59(48-20-8-3-9-21-48)52-35-37-58-55(40-52)53-22-12-13-23-57(53)61-58/h1-40H. The maximum atomic E-state index is 6.19. The van der Waals surface area contributed by atoms with Gasteiger partial charge in [-0.3, -0.25) is 0 Å². The lowest BCUT2D eigenvalue weighted by molar-refractivity contribution is 0.669. The van der Waals surface area contributed by atoms with E-state index in [1.807, 2.05) is 12.1 Å². The highest BCUT2D eigenvalue weighted by Crippen LogP contribution is 2.45. The fraction of sp³-hybridized carbons (Fsp3) is 0. The van der Waals surface area contributed by atoms with Crippen molar-refractivity contribution in [3.63, 3.8) is 0 Å². The van der Waals surface area contributed by atoms with Crippen LogP contribution in [0.25, 0.3) is 66.1 Å². The number of hydrogen-bond donors (Lipinski definition) is 0. The van der Waals surface area contributed by atoms with Crippen molar-refractivity contribution in [2.75, 3.05) is 9.80 Å². The minimum Gasteiger partial charge on any atom is -0.456 e. The van der Waals surface area contributed by atoms with Gasteiger partial charge in [-0.1, -0.05) is 158 Å². The molecule has 0 atom stereocenters. The van der Waals surface area contributed by atoms with Crippen LogP contribution in [-0.4, -0.2) is 0 Å². The quantitative estimate of drug-likeness (QED) is 0.145. The maximum Gasteiger partial charge on any atom is 0.135 e. The average molecular weight is 781 g/mol. The van der Waals surface area contributed by atoms with Crippen LogP contribution in [0.3, 0.4) is 0 Å². The molecule has 0 aliphatic carbocycles. The van der Waals surface area contributed by atoms with Crippen LogP contribution in [0.2, 0.25) is 0 Å². The molecular weight excluding hydrogens is 741 g/mol. The zero-order chi connectivity index (χ0) is 40.5. The van der Waals surface area contributed by atoms with Gasteiger partial charge in [0.15, 0.2) is 0 Å². The molecule has 1 heterocycles. The Kier molecular flexibility index (Phi) is 9.18. The highest BCUT2D eigenvalue weighted by molar-refractivity contribution is 6.06. The van der Waals surface area contributed by atoms with Crippen molar-refractivity contribution in [3.05, 3.63) is 243 Å². The highest BCUT2D eigenvalue weighted by atomic mass is 16.3. The molecule has 0 saturated heterocycles. The van der Waals surface area contributed by atoms with Crippen LogP contribution >= 0.6 is 0 Å². The van der Waals surface area contributed by atoms with Crippen molar-refractivity contribution in [1.82, 2.24) is 0 Å². The summed E-state index contributed by atoms with van der Waals surface area (Å²) in [6.45, 7) is 0. The summed E-state index contributed by atoms with van der Waals surface area (Å²) in [6.07, 6.45) is 0. The second kappa shape index (κ2) is 15.6. The monoisotopic (exact) mass is 780 g/mol. The molecule has 0 unspecified atom stereocenters. The first kappa shape index (κ1) is 36.0. The minimum absolute atomic E-state index is 0.884. The Morgan fingerprint density at radius 2 is 0.754 bits per heavy atom. The molecule has 3 nitrogen and oxygen atoms in total.